The third-order valence-corrected chi connectivity index (χ3v) is 5.37. The molecule has 0 radical (unpaired) electrons. The van der Waals surface area contributed by atoms with Crippen LogP contribution in [0.25, 0.3) is 21.9 Å². The van der Waals surface area contributed by atoms with Crippen LogP contribution >= 0.6 is 0 Å². The summed E-state index contributed by atoms with van der Waals surface area (Å²) in [5.74, 6) is 0.549. The maximum Gasteiger partial charge on any atom is 0.202 e. The van der Waals surface area contributed by atoms with Gasteiger partial charge in [-0.25, -0.2) is 0 Å². The van der Waals surface area contributed by atoms with E-state index in [4.69, 9.17) is 14.9 Å². The largest absolute Gasteiger partial charge is 0.489 e. The SMILES string of the molecule is CN(C)CCNc1ccc(CO)c2oc3ccc(OCc4ccccc4N)cc3c(=O)c12. The molecule has 0 aliphatic carbocycles. The highest BCUT2D eigenvalue weighted by molar-refractivity contribution is 5.98. The zero-order valence-electron chi connectivity index (χ0n) is 18.2. The van der Waals surface area contributed by atoms with Crippen molar-refractivity contribution in [2.45, 2.75) is 13.2 Å². The van der Waals surface area contributed by atoms with Gasteiger partial charge in [-0.1, -0.05) is 24.3 Å². The first-order chi connectivity index (χ1) is 15.5. The molecule has 7 nitrogen and oxygen atoms in total. The highest BCUT2D eigenvalue weighted by Crippen LogP contribution is 2.29. The molecule has 0 aliphatic heterocycles. The van der Waals surface area contributed by atoms with Crippen molar-refractivity contribution in [3.8, 4) is 5.75 Å². The van der Waals surface area contributed by atoms with Crippen molar-refractivity contribution in [3.63, 3.8) is 0 Å². The number of aliphatic hydroxyl groups excluding tert-OH is 1. The fourth-order valence-electron chi connectivity index (χ4n) is 3.59. The van der Waals surface area contributed by atoms with Crippen LogP contribution in [0.4, 0.5) is 11.4 Å². The third-order valence-electron chi connectivity index (χ3n) is 5.37. The number of para-hydroxylation sites is 1. The Labute approximate surface area is 186 Å². The number of nitrogens with zero attached hydrogens (tertiary/aromatic N) is 1. The Morgan fingerprint density at radius 2 is 1.91 bits per heavy atom. The molecule has 4 aromatic rings. The molecule has 0 spiro atoms. The van der Waals surface area contributed by atoms with E-state index < -0.39 is 0 Å². The molecule has 0 unspecified atom stereocenters. The molecule has 7 heteroatoms. The number of rotatable bonds is 8. The van der Waals surface area contributed by atoms with Gasteiger partial charge >= 0.3 is 0 Å². The van der Waals surface area contributed by atoms with Crippen LogP contribution in [0.15, 0.2) is 63.8 Å². The first-order valence-electron chi connectivity index (χ1n) is 10.5. The van der Waals surface area contributed by atoms with E-state index in [0.29, 0.717) is 57.8 Å². The Morgan fingerprint density at radius 1 is 1.09 bits per heavy atom. The maximum absolute atomic E-state index is 13.5. The minimum Gasteiger partial charge on any atom is -0.489 e. The molecule has 0 fully saturated rings. The number of nitrogen functional groups attached to an aromatic ring is 1. The summed E-state index contributed by atoms with van der Waals surface area (Å²) >= 11 is 0. The van der Waals surface area contributed by atoms with Gasteiger partial charge in [0, 0.05) is 35.6 Å². The van der Waals surface area contributed by atoms with Gasteiger partial charge in [-0.2, -0.15) is 0 Å². The van der Waals surface area contributed by atoms with Crippen LogP contribution < -0.4 is 21.2 Å². The second kappa shape index (κ2) is 9.30. The van der Waals surface area contributed by atoms with E-state index >= 15 is 0 Å². The first kappa shape index (κ1) is 21.7. The zero-order valence-corrected chi connectivity index (χ0v) is 18.2. The topological polar surface area (TPSA) is 101 Å². The molecule has 166 valence electrons. The number of hydrogen-bond donors (Lipinski definition) is 3. The van der Waals surface area contributed by atoms with Crippen molar-refractivity contribution in [1.29, 1.82) is 0 Å². The van der Waals surface area contributed by atoms with Gasteiger partial charge in [0.1, 0.15) is 23.5 Å². The highest BCUT2D eigenvalue weighted by Gasteiger charge is 2.16. The number of ether oxygens (including phenoxy) is 1. The number of fused-ring (bicyclic) bond motifs is 2. The summed E-state index contributed by atoms with van der Waals surface area (Å²) in [6.45, 7) is 1.55. The number of nitrogens with two attached hydrogens (primary N) is 1. The smallest absolute Gasteiger partial charge is 0.202 e. The molecule has 0 aliphatic rings. The Kier molecular flexibility index (Phi) is 6.30. The summed E-state index contributed by atoms with van der Waals surface area (Å²) in [4.78, 5) is 15.5. The quantitative estimate of drug-likeness (QED) is 0.288. The Balaban J connectivity index is 1.74. The summed E-state index contributed by atoms with van der Waals surface area (Å²) in [6.07, 6.45) is 0. The minimum absolute atomic E-state index is 0.173. The molecule has 3 aromatic carbocycles. The van der Waals surface area contributed by atoms with Crippen molar-refractivity contribution < 1.29 is 14.3 Å². The van der Waals surface area contributed by atoms with Crippen LogP contribution in [0, 0.1) is 0 Å². The van der Waals surface area contributed by atoms with E-state index in [1.54, 1.807) is 24.3 Å². The van der Waals surface area contributed by atoms with Gasteiger partial charge < -0.3 is 30.2 Å². The third kappa shape index (κ3) is 4.39. The Morgan fingerprint density at radius 3 is 2.66 bits per heavy atom. The van der Waals surface area contributed by atoms with E-state index in [2.05, 4.69) is 10.2 Å². The van der Waals surface area contributed by atoms with Crippen molar-refractivity contribution in [3.05, 3.63) is 75.9 Å². The molecule has 1 aromatic heterocycles. The molecule has 32 heavy (non-hydrogen) atoms. The molecule has 0 amide bonds. The maximum atomic E-state index is 13.5. The standard InChI is InChI=1S/C25H27N3O4/c1-28(2)12-11-27-21-9-7-16(14-29)25-23(21)24(30)19-13-18(8-10-22(19)32-25)31-15-17-5-3-4-6-20(17)26/h3-10,13,27,29H,11-12,14-15,26H2,1-2H3. The molecule has 0 bridgehead atoms. The van der Waals surface area contributed by atoms with Gasteiger partial charge in [0.2, 0.25) is 5.43 Å². The average molecular weight is 434 g/mol. The van der Waals surface area contributed by atoms with Gasteiger partial charge in [0.05, 0.1) is 17.4 Å². The van der Waals surface area contributed by atoms with E-state index in [-0.39, 0.29) is 12.0 Å². The van der Waals surface area contributed by atoms with Gasteiger partial charge in [-0.05, 0) is 44.4 Å². The van der Waals surface area contributed by atoms with Crippen LogP contribution in [-0.2, 0) is 13.2 Å². The normalized spacial score (nSPS) is 11.4. The Bertz CT molecular complexity index is 1310. The van der Waals surface area contributed by atoms with Crippen molar-refractivity contribution in [2.75, 3.05) is 38.2 Å². The average Bonchev–Trinajstić information content (AvgIpc) is 2.78. The predicted octanol–water partition coefficient (Wildman–Crippen LogP) is 3.57. The lowest BCUT2D eigenvalue weighted by atomic mass is 10.1. The van der Waals surface area contributed by atoms with Gasteiger partial charge in [0.25, 0.3) is 0 Å². The molecule has 0 atom stereocenters. The van der Waals surface area contributed by atoms with E-state index in [0.717, 1.165) is 12.1 Å². The van der Waals surface area contributed by atoms with Crippen LogP contribution in [0.1, 0.15) is 11.1 Å². The number of benzene rings is 3. The lowest BCUT2D eigenvalue weighted by Crippen LogP contribution is -2.21. The van der Waals surface area contributed by atoms with Crippen LogP contribution in [0.5, 0.6) is 5.75 Å². The number of aliphatic hydroxyl groups is 1. The molecular weight excluding hydrogens is 406 g/mol. The first-order valence-corrected chi connectivity index (χ1v) is 10.5. The fourth-order valence-corrected chi connectivity index (χ4v) is 3.59. The van der Waals surface area contributed by atoms with Crippen molar-refractivity contribution in [1.82, 2.24) is 4.90 Å². The number of hydrogen-bond acceptors (Lipinski definition) is 7. The molecule has 0 saturated carbocycles. The van der Waals surface area contributed by atoms with Crippen molar-refractivity contribution in [2.24, 2.45) is 0 Å². The van der Waals surface area contributed by atoms with E-state index in [1.165, 1.54) is 0 Å². The second-order valence-electron chi connectivity index (χ2n) is 7.94. The van der Waals surface area contributed by atoms with E-state index in [9.17, 15) is 9.90 Å². The monoisotopic (exact) mass is 433 g/mol. The van der Waals surface area contributed by atoms with Crippen LogP contribution in [-0.4, -0.2) is 37.2 Å². The van der Waals surface area contributed by atoms with Crippen LogP contribution in [0.2, 0.25) is 0 Å². The minimum atomic E-state index is -0.220. The highest BCUT2D eigenvalue weighted by atomic mass is 16.5. The van der Waals surface area contributed by atoms with Gasteiger partial charge in [0.15, 0.2) is 0 Å². The van der Waals surface area contributed by atoms with Crippen LogP contribution in [0.3, 0.4) is 0 Å². The molecule has 4 N–H and O–H groups in total. The summed E-state index contributed by atoms with van der Waals surface area (Å²) in [5.41, 5.74) is 9.42. The molecule has 1 heterocycles. The summed E-state index contributed by atoms with van der Waals surface area (Å²) < 4.78 is 12.0. The predicted molar refractivity (Wildman–Crippen MR) is 128 cm³/mol. The van der Waals surface area contributed by atoms with Gasteiger partial charge in [-0.3, -0.25) is 4.79 Å². The van der Waals surface area contributed by atoms with Crippen molar-refractivity contribution >= 4 is 33.3 Å². The summed E-state index contributed by atoms with van der Waals surface area (Å²) in [5, 5.41) is 13.9. The lowest BCUT2D eigenvalue weighted by Gasteiger charge is -2.14. The lowest BCUT2D eigenvalue weighted by molar-refractivity contribution is 0.282. The molecule has 4 rings (SSSR count). The summed E-state index contributed by atoms with van der Waals surface area (Å²) in [6, 6.07) is 16.2. The zero-order chi connectivity index (χ0) is 22.7. The second-order valence-corrected chi connectivity index (χ2v) is 7.94. The molecular formula is C25H27N3O4. The number of nitrogens with one attached hydrogen (secondary N) is 1. The Hall–Kier alpha value is -3.55. The number of likely N-dealkylation sites (N-methyl/N-ethyl adjacent to an activating group) is 1. The summed E-state index contributed by atoms with van der Waals surface area (Å²) in [7, 11) is 3.97. The van der Waals surface area contributed by atoms with E-state index in [1.807, 2.05) is 44.4 Å². The fraction of sp³-hybridized carbons (Fsp3) is 0.240. The molecule has 0 saturated heterocycles. The van der Waals surface area contributed by atoms with Gasteiger partial charge in [-0.15, -0.1) is 0 Å². The number of anilines is 2.